The van der Waals surface area contributed by atoms with Gasteiger partial charge in [0.2, 0.25) is 0 Å². The average molecular weight is 227 g/mol. The summed E-state index contributed by atoms with van der Waals surface area (Å²) < 4.78 is 25.8. The molecule has 2 rings (SSSR count). The Morgan fingerprint density at radius 3 is 2.44 bits per heavy atom. The number of carbonyl (C=O) groups is 1. The van der Waals surface area contributed by atoms with Crippen molar-refractivity contribution in [1.82, 2.24) is 5.06 Å². The van der Waals surface area contributed by atoms with Crippen LogP contribution in [0.2, 0.25) is 0 Å². The molecular weight excluding hydrogens is 216 g/mol. The average Bonchev–Trinajstić information content (AvgIpc) is 2.28. The van der Waals surface area contributed by atoms with Crippen LogP contribution in [0, 0.1) is 11.6 Å². The van der Waals surface area contributed by atoms with Crippen molar-refractivity contribution in [3.05, 3.63) is 35.4 Å². The van der Waals surface area contributed by atoms with Crippen molar-refractivity contribution in [2.24, 2.45) is 0 Å². The van der Waals surface area contributed by atoms with Gasteiger partial charge in [-0.3, -0.25) is 9.63 Å². The fraction of sp³-hybridized carbons (Fsp3) is 0.364. The highest BCUT2D eigenvalue weighted by Crippen LogP contribution is 2.14. The van der Waals surface area contributed by atoms with E-state index in [1.165, 1.54) is 0 Å². The summed E-state index contributed by atoms with van der Waals surface area (Å²) in [6, 6.07) is 2.74. The van der Waals surface area contributed by atoms with E-state index in [0.29, 0.717) is 13.2 Å². The van der Waals surface area contributed by atoms with Crippen LogP contribution in [0.3, 0.4) is 0 Å². The van der Waals surface area contributed by atoms with E-state index in [1.807, 2.05) is 0 Å². The molecule has 1 aliphatic rings. The normalized spacial score (nSPS) is 16.2. The molecule has 3 nitrogen and oxygen atoms in total. The van der Waals surface area contributed by atoms with E-state index >= 15 is 0 Å². The zero-order valence-corrected chi connectivity index (χ0v) is 8.58. The minimum Gasteiger partial charge on any atom is -0.271 e. The molecule has 0 saturated carbocycles. The number of carbonyl (C=O) groups excluding carboxylic acids is 1. The van der Waals surface area contributed by atoms with E-state index in [0.717, 1.165) is 36.1 Å². The van der Waals surface area contributed by atoms with Crippen molar-refractivity contribution in [2.75, 3.05) is 13.2 Å². The lowest BCUT2D eigenvalue weighted by atomic mass is 10.2. The predicted octanol–water partition coefficient (Wildman–Crippen LogP) is 2.13. The van der Waals surface area contributed by atoms with Crippen molar-refractivity contribution in [3.8, 4) is 0 Å². The van der Waals surface area contributed by atoms with Crippen LogP contribution in [0.5, 0.6) is 0 Å². The monoisotopic (exact) mass is 227 g/mol. The van der Waals surface area contributed by atoms with Crippen LogP contribution in [0.1, 0.15) is 23.2 Å². The van der Waals surface area contributed by atoms with Crippen molar-refractivity contribution in [3.63, 3.8) is 0 Å². The van der Waals surface area contributed by atoms with Gasteiger partial charge in [0.05, 0.1) is 6.61 Å². The molecule has 86 valence electrons. The lowest BCUT2D eigenvalue weighted by Gasteiger charge is -2.25. The number of nitrogens with zero attached hydrogens (tertiary/aromatic N) is 1. The molecule has 1 aromatic rings. The molecule has 1 aromatic carbocycles. The maximum absolute atomic E-state index is 12.9. The number of benzene rings is 1. The van der Waals surface area contributed by atoms with Crippen LogP contribution in [0.15, 0.2) is 18.2 Å². The number of halogens is 2. The molecule has 0 atom stereocenters. The highest BCUT2D eigenvalue weighted by molar-refractivity contribution is 5.93. The Bertz CT molecular complexity index is 383. The van der Waals surface area contributed by atoms with Crippen LogP contribution in [-0.4, -0.2) is 24.1 Å². The van der Waals surface area contributed by atoms with Gasteiger partial charge in [-0.1, -0.05) is 0 Å². The number of hydrogen-bond acceptors (Lipinski definition) is 2. The van der Waals surface area contributed by atoms with Crippen LogP contribution >= 0.6 is 0 Å². The third kappa shape index (κ3) is 2.36. The number of amides is 1. The van der Waals surface area contributed by atoms with Crippen molar-refractivity contribution >= 4 is 5.91 Å². The van der Waals surface area contributed by atoms with Gasteiger partial charge in [-0.2, -0.15) is 0 Å². The van der Waals surface area contributed by atoms with Gasteiger partial charge in [0.15, 0.2) is 0 Å². The lowest BCUT2D eigenvalue weighted by molar-refractivity contribution is -0.144. The van der Waals surface area contributed by atoms with Gasteiger partial charge in [-0.15, -0.1) is 0 Å². The number of hydroxylamine groups is 2. The Morgan fingerprint density at radius 1 is 1.19 bits per heavy atom. The molecule has 0 unspecified atom stereocenters. The Labute approximate surface area is 91.6 Å². The predicted molar refractivity (Wildman–Crippen MR) is 52.6 cm³/mol. The Hall–Kier alpha value is -1.49. The molecule has 0 spiro atoms. The molecule has 16 heavy (non-hydrogen) atoms. The fourth-order valence-corrected chi connectivity index (χ4v) is 1.58. The number of rotatable bonds is 1. The third-order valence-corrected chi connectivity index (χ3v) is 2.34. The minimum atomic E-state index is -0.764. The quantitative estimate of drug-likeness (QED) is 0.735. The summed E-state index contributed by atoms with van der Waals surface area (Å²) in [6.07, 6.45) is 1.73. The van der Waals surface area contributed by atoms with Gasteiger partial charge < -0.3 is 0 Å². The summed E-state index contributed by atoms with van der Waals surface area (Å²) >= 11 is 0. The zero-order chi connectivity index (χ0) is 11.5. The van der Waals surface area contributed by atoms with E-state index in [-0.39, 0.29) is 5.56 Å². The first kappa shape index (κ1) is 11.0. The molecule has 0 bridgehead atoms. The van der Waals surface area contributed by atoms with Crippen LogP contribution in [0.4, 0.5) is 8.78 Å². The summed E-state index contributed by atoms with van der Waals surface area (Å²) in [5.74, 6) is -2.03. The standard InChI is InChI=1S/C11H11F2NO2/c12-9-5-8(6-10(13)7-9)11(15)14-3-1-2-4-16-14/h5-7H,1-4H2. The van der Waals surface area contributed by atoms with Gasteiger partial charge >= 0.3 is 0 Å². The smallest absolute Gasteiger partial charge is 0.271 e. The molecule has 1 amide bonds. The molecule has 1 heterocycles. The van der Waals surface area contributed by atoms with E-state index in [9.17, 15) is 13.6 Å². The highest BCUT2D eigenvalue weighted by Gasteiger charge is 2.20. The largest absolute Gasteiger partial charge is 0.277 e. The van der Waals surface area contributed by atoms with Crippen LogP contribution in [0.25, 0.3) is 0 Å². The van der Waals surface area contributed by atoms with Gasteiger partial charge in [0.1, 0.15) is 11.6 Å². The van der Waals surface area contributed by atoms with Crippen molar-refractivity contribution < 1.29 is 18.4 Å². The SMILES string of the molecule is O=C(c1cc(F)cc(F)c1)N1CCCCO1. The van der Waals surface area contributed by atoms with E-state index in [4.69, 9.17) is 4.84 Å². The first-order chi connectivity index (χ1) is 7.66. The summed E-state index contributed by atoms with van der Waals surface area (Å²) in [4.78, 5) is 16.9. The minimum absolute atomic E-state index is 0.0283. The Kier molecular flexibility index (Phi) is 3.14. The maximum Gasteiger partial charge on any atom is 0.277 e. The van der Waals surface area contributed by atoms with Crippen molar-refractivity contribution in [1.29, 1.82) is 0 Å². The van der Waals surface area contributed by atoms with E-state index in [1.54, 1.807) is 0 Å². The second-order valence-electron chi connectivity index (χ2n) is 3.61. The summed E-state index contributed by atoms with van der Waals surface area (Å²) in [5.41, 5.74) is -0.0283. The van der Waals surface area contributed by atoms with E-state index in [2.05, 4.69) is 0 Å². The Balaban J connectivity index is 2.19. The molecule has 0 radical (unpaired) electrons. The Morgan fingerprint density at radius 2 is 1.88 bits per heavy atom. The molecule has 0 aromatic heterocycles. The molecule has 5 heteroatoms. The summed E-state index contributed by atoms with van der Waals surface area (Å²) in [7, 11) is 0. The second kappa shape index (κ2) is 4.57. The molecule has 1 aliphatic heterocycles. The van der Waals surface area contributed by atoms with E-state index < -0.39 is 17.5 Å². The van der Waals surface area contributed by atoms with Crippen LogP contribution < -0.4 is 0 Å². The van der Waals surface area contributed by atoms with Gasteiger partial charge in [0.25, 0.3) is 5.91 Å². The number of hydrogen-bond donors (Lipinski definition) is 0. The van der Waals surface area contributed by atoms with Crippen LogP contribution in [-0.2, 0) is 4.84 Å². The maximum atomic E-state index is 12.9. The van der Waals surface area contributed by atoms with Crippen molar-refractivity contribution in [2.45, 2.75) is 12.8 Å². The molecular formula is C11H11F2NO2. The zero-order valence-electron chi connectivity index (χ0n) is 8.58. The van der Waals surface area contributed by atoms with Gasteiger partial charge in [-0.05, 0) is 25.0 Å². The fourth-order valence-electron chi connectivity index (χ4n) is 1.58. The first-order valence-corrected chi connectivity index (χ1v) is 5.08. The molecule has 1 fully saturated rings. The molecule has 1 saturated heterocycles. The molecule has 0 aliphatic carbocycles. The summed E-state index contributed by atoms with van der Waals surface area (Å²) in [6.45, 7) is 0.917. The lowest BCUT2D eigenvalue weighted by Crippen LogP contribution is -2.35. The van der Waals surface area contributed by atoms with Gasteiger partial charge in [-0.25, -0.2) is 13.8 Å². The summed E-state index contributed by atoms with van der Waals surface area (Å²) in [5, 5.41) is 1.15. The highest BCUT2D eigenvalue weighted by atomic mass is 19.1. The first-order valence-electron chi connectivity index (χ1n) is 5.08. The third-order valence-electron chi connectivity index (χ3n) is 2.34. The second-order valence-corrected chi connectivity index (χ2v) is 3.61. The molecule has 0 N–H and O–H groups in total. The topological polar surface area (TPSA) is 29.5 Å². The van der Waals surface area contributed by atoms with Gasteiger partial charge in [0, 0.05) is 18.2 Å².